The molecule has 0 fully saturated rings. The Labute approximate surface area is 141 Å². The Morgan fingerprint density at radius 3 is 2.25 bits per heavy atom. The van der Waals surface area contributed by atoms with Gasteiger partial charge in [0, 0.05) is 19.8 Å². The van der Waals surface area contributed by atoms with Crippen LogP contribution in [0.4, 0.5) is 0 Å². The van der Waals surface area contributed by atoms with Crippen molar-refractivity contribution < 1.29 is 27.9 Å². The van der Waals surface area contributed by atoms with Crippen molar-refractivity contribution in [3.8, 4) is 0 Å². The fourth-order valence-corrected chi connectivity index (χ4v) is 3.02. The molecule has 0 aliphatic heterocycles. The maximum atomic E-state index is 12.2. The Kier molecular flexibility index (Phi) is 7.85. The van der Waals surface area contributed by atoms with Crippen molar-refractivity contribution in [3.05, 3.63) is 48.0 Å². The van der Waals surface area contributed by atoms with Gasteiger partial charge in [-0.15, -0.1) is 6.58 Å². The van der Waals surface area contributed by atoms with E-state index in [2.05, 4.69) is 16.6 Å². The third-order valence-corrected chi connectivity index (χ3v) is 5.21. The molecular weight excluding hydrogens is 333 g/mol. The first kappa shape index (κ1) is 20.1. The number of amides is 1. The summed E-state index contributed by atoms with van der Waals surface area (Å²) in [4.78, 5) is 23.8. The van der Waals surface area contributed by atoms with Crippen LogP contribution in [0, 0.1) is 0 Å². The number of nitrogens with one attached hydrogen (secondary N) is 1. The summed E-state index contributed by atoms with van der Waals surface area (Å²) in [5, 5.41) is 2.59. The van der Waals surface area contributed by atoms with Gasteiger partial charge >= 0.3 is 13.6 Å². The maximum absolute atomic E-state index is 12.2. The van der Waals surface area contributed by atoms with Gasteiger partial charge in [-0.3, -0.25) is 9.36 Å². The van der Waals surface area contributed by atoms with E-state index < -0.39 is 25.5 Å². The van der Waals surface area contributed by atoms with E-state index in [9.17, 15) is 14.2 Å². The molecule has 0 radical (unpaired) electrons. The Morgan fingerprint density at radius 1 is 1.21 bits per heavy atom. The van der Waals surface area contributed by atoms with Crippen molar-refractivity contribution >= 4 is 19.5 Å². The highest BCUT2D eigenvalue weighted by molar-refractivity contribution is 7.52. The van der Waals surface area contributed by atoms with Crippen molar-refractivity contribution in [2.45, 2.75) is 18.6 Å². The van der Waals surface area contributed by atoms with E-state index in [1.165, 1.54) is 27.4 Å². The molecule has 132 valence electrons. The zero-order valence-corrected chi connectivity index (χ0v) is 14.9. The van der Waals surface area contributed by atoms with Crippen LogP contribution in [-0.4, -0.2) is 39.2 Å². The molecule has 1 aromatic carbocycles. The first-order chi connectivity index (χ1) is 11.4. The molecule has 24 heavy (non-hydrogen) atoms. The lowest BCUT2D eigenvalue weighted by Crippen LogP contribution is -2.41. The average molecular weight is 355 g/mol. The molecule has 1 amide bonds. The van der Waals surface area contributed by atoms with E-state index in [0.717, 1.165) is 0 Å². The van der Waals surface area contributed by atoms with E-state index in [1.807, 2.05) is 0 Å². The maximum Gasteiger partial charge on any atom is 0.334 e. The normalized spacial score (nSPS) is 12.3. The number of ether oxygens (including phenoxy) is 1. The van der Waals surface area contributed by atoms with Crippen LogP contribution in [0.1, 0.15) is 22.3 Å². The molecule has 0 saturated carbocycles. The smallest absolute Gasteiger partial charge is 0.334 e. The fourth-order valence-electron chi connectivity index (χ4n) is 1.95. The summed E-state index contributed by atoms with van der Waals surface area (Å²) in [6, 6.07) is 5.66. The molecule has 1 N–H and O–H groups in total. The minimum absolute atomic E-state index is 0.100. The van der Waals surface area contributed by atoms with Crippen LogP contribution in [0.25, 0.3) is 0 Å². The Morgan fingerprint density at radius 2 is 1.79 bits per heavy atom. The Balaban J connectivity index is 2.81. The van der Waals surface area contributed by atoms with Crippen LogP contribution in [0.3, 0.4) is 0 Å². The van der Waals surface area contributed by atoms with Gasteiger partial charge in [0.1, 0.15) is 6.04 Å². The molecule has 0 heterocycles. The molecule has 8 heteroatoms. The zero-order valence-electron chi connectivity index (χ0n) is 14.0. The van der Waals surface area contributed by atoms with Crippen LogP contribution in [0.15, 0.2) is 36.9 Å². The zero-order chi connectivity index (χ0) is 18.2. The molecule has 0 spiro atoms. The van der Waals surface area contributed by atoms with Crippen LogP contribution in [-0.2, 0) is 29.3 Å². The SMILES string of the molecule is C=CC[C@H](NC(=O)c1ccc(CP(=O)(OC)OC)cc1)C(=O)OC. The van der Waals surface area contributed by atoms with Gasteiger partial charge in [0.15, 0.2) is 0 Å². The quantitative estimate of drug-likeness (QED) is 0.416. The standard InChI is InChI=1S/C16H22NO6P/c1-5-6-14(16(19)21-2)17-15(18)13-9-7-12(8-10-13)11-24(20,22-3)23-4/h5,7-10,14H,1,6,11H2,2-4H3,(H,17,18)/t14-/m0/s1. The molecule has 0 saturated heterocycles. The molecule has 7 nitrogen and oxygen atoms in total. The number of benzene rings is 1. The molecule has 0 aromatic heterocycles. The van der Waals surface area contributed by atoms with Crippen LogP contribution < -0.4 is 5.32 Å². The number of hydrogen-bond acceptors (Lipinski definition) is 6. The third-order valence-electron chi connectivity index (χ3n) is 3.34. The largest absolute Gasteiger partial charge is 0.467 e. The lowest BCUT2D eigenvalue weighted by atomic mass is 10.1. The van der Waals surface area contributed by atoms with Crippen molar-refractivity contribution in [2.24, 2.45) is 0 Å². The average Bonchev–Trinajstić information content (AvgIpc) is 2.61. The molecule has 0 aliphatic carbocycles. The van der Waals surface area contributed by atoms with Crippen molar-refractivity contribution in [2.75, 3.05) is 21.3 Å². The number of hydrogen-bond donors (Lipinski definition) is 1. The van der Waals surface area contributed by atoms with E-state index in [0.29, 0.717) is 11.1 Å². The van der Waals surface area contributed by atoms with E-state index in [-0.39, 0.29) is 12.6 Å². The lowest BCUT2D eigenvalue weighted by Gasteiger charge is -2.15. The van der Waals surface area contributed by atoms with Gasteiger partial charge in [-0.25, -0.2) is 4.79 Å². The first-order valence-corrected chi connectivity index (χ1v) is 8.91. The molecule has 1 aromatic rings. The summed E-state index contributed by atoms with van der Waals surface area (Å²) < 4.78 is 26.5. The van der Waals surface area contributed by atoms with Gasteiger partial charge in [-0.2, -0.15) is 0 Å². The van der Waals surface area contributed by atoms with Gasteiger partial charge < -0.3 is 19.1 Å². The predicted octanol–water partition coefficient (Wildman–Crippen LogP) is 2.52. The molecule has 1 atom stereocenters. The van der Waals surface area contributed by atoms with Gasteiger partial charge in [0.25, 0.3) is 5.91 Å². The summed E-state index contributed by atoms with van der Waals surface area (Å²) in [7, 11) is 0.726. The van der Waals surface area contributed by atoms with E-state index in [1.54, 1.807) is 24.3 Å². The second-order valence-corrected chi connectivity index (χ2v) is 7.17. The summed E-state index contributed by atoms with van der Waals surface area (Å²) in [5.41, 5.74) is 1.07. The number of carbonyl (C=O) groups excluding carboxylic acids is 2. The monoisotopic (exact) mass is 355 g/mol. The van der Waals surface area contributed by atoms with E-state index in [4.69, 9.17) is 9.05 Å². The Bertz CT molecular complexity index is 620. The highest BCUT2D eigenvalue weighted by Gasteiger charge is 2.23. The van der Waals surface area contributed by atoms with E-state index >= 15 is 0 Å². The summed E-state index contributed by atoms with van der Waals surface area (Å²) >= 11 is 0. The third kappa shape index (κ3) is 5.60. The second kappa shape index (κ2) is 9.37. The molecule has 0 bridgehead atoms. The molecule has 0 aliphatic rings. The van der Waals surface area contributed by atoms with Crippen molar-refractivity contribution in [1.29, 1.82) is 0 Å². The number of carbonyl (C=O) groups is 2. The summed E-state index contributed by atoms with van der Waals surface area (Å²) in [5.74, 6) is -0.957. The number of esters is 1. The van der Waals surface area contributed by atoms with Crippen LogP contribution in [0.5, 0.6) is 0 Å². The fraction of sp³-hybridized carbons (Fsp3) is 0.375. The minimum atomic E-state index is -3.16. The number of rotatable bonds is 9. The second-order valence-electron chi connectivity index (χ2n) is 4.90. The number of methoxy groups -OCH3 is 1. The summed E-state index contributed by atoms with van der Waals surface area (Å²) in [6.45, 7) is 3.55. The predicted molar refractivity (Wildman–Crippen MR) is 89.9 cm³/mol. The van der Waals surface area contributed by atoms with Crippen molar-refractivity contribution in [1.82, 2.24) is 5.32 Å². The first-order valence-electron chi connectivity index (χ1n) is 7.18. The molecule has 1 rings (SSSR count). The lowest BCUT2D eigenvalue weighted by molar-refractivity contribution is -0.142. The highest BCUT2D eigenvalue weighted by Crippen LogP contribution is 2.49. The highest BCUT2D eigenvalue weighted by atomic mass is 31.2. The van der Waals surface area contributed by atoms with Crippen molar-refractivity contribution in [3.63, 3.8) is 0 Å². The van der Waals surface area contributed by atoms with Gasteiger partial charge in [0.2, 0.25) is 0 Å². The topological polar surface area (TPSA) is 90.9 Å². The molecule has 0 unspecified atom stereocenters. The van der Waals surface area contributed by atoms with Gasteiger partial charge in [-0.1, -0.05) is 18.2 Å². The Hall–Kier alpha value is -1.95. The van der Waals surface area contributed by atoms with Gasteiger partial charge in [0.05, 0.1) is 13.3 Å². The minimum Gasteiger partial charge on any atom is -0.467 e. The summed E-state index contributed by atoms with van der Waals surface area (Å²) in [6.07, 6.45) is 1.89. The van der Waals surface area contributed by atoms with Gasteiger partial charge in [-0.05, 0) is 24.1 Å². The van der Waals surface area contributed by atoms with Crippen LogP contribution in [0.2, 0.25) is 0 Å². The molecular formula is C16H22NO6P. The van der Waals surface area contributed by atoms with Crippen LogP contribution >= 0.6 is 7.60 Å².